The molecule has 1 unspecified atom stereocenters. The summed E-state index contributed by atoms with van der Waals surface area (Å²) in [5.41, 5.74) is -1.89. The Morgan fingerprint density at radius 2 is 1.32 bits per heavy atom. The van der Waals surface area contributed by atoms with E-state index in [-0.39, 0.29) is 29.8 Å². The third kappa shape index (κ3) is 7.04. The maximum absolute atomic E-state index is 13.2. The van der Waals surface area contributed by atoms with Crippen LogP contribution in [0.5, 0.6) is 0 Å². The third-order valence-corrected chi connectivity index (χ3v) is 6.90. The lowest BCUT2D eigenvalue weighted by Crippen LogP contribution is -2.14. The van der Waals surface area contributed by atoms with Crippen molar-refractivity contribution in [3.8, 4) is 0 Å². The lowest BCUT2D eigenvalue weighted by molar-refractivity contribution is -0.143. The van der Waals surface area contributed by atoms with Crippen molar-refractivity contribution in [3.63, 3.8) is 0 Å². The van der Waals surface area contributed by atoms with E-state index in [1.165, 1.54) is 24.3 Å². The largest absolute Gasteiger partial charge is 0.416 e. The summed E-state index contributed by atoms with van der Waals surface area (Å²) in [5.74, 6) is 0.241. The summed E-state index contributed by atoms with van der Waals surface area (Å²) in [6, 6.07) is 12.8. The molecule has 0 aliphatic rings. The first kappa shape index (κ1) is 28.5. The van der Waals surface area contributed by atoms with Crippen LogP contribution in [0.2, 0.25) is 5.02 Å². The van der Waals surface area contributed by atoms with Gasteiger partial charge in [-0.2, -0.15) is 34.8 Å². The van der Waals surface area contributed by atoms with E-state index in [0.717, 1.165) is 12.0 Å². The molecule has 3 aromatic rings. The molecule has 37 heavy (non-hydrogen) atoms. The zero-order valence-electron chi connectivity index (χ0n) is 19.4. The molecule has 0 amide bonds. The van der Waals surface area contributed by atoms with Gasteiger partial charge < -0.3 is 0 Å². The maximum atomic E-state index is 13.2. The van der Waals surface area contributed by atoms with Gasteiger partial charge >= 0.3 is 22.5 Å². The molecular weight excluding hydrogens is 544 g/mol. The van der Waals surface area contributed by atoms with Gasteiger partial charge in [-0.25, -0.2) is 0 Å². The minimum absolute atomic E-state index is 0.0287. The van der Waals surface area contributed by atoms with Crippen LogP contribution in [0, 0.1) is 0 Å². The summed E-state index contributed by atoms with van der Waals surface area (Å²) >= 11 is 5.92. The van der Waals surface area contributed by atoms with Crippen molar-refractivity contribution in [2.45, 2.75) is 43.4 Å². The van der Waals surface area contributed by atoms with E-state index < -0.39 is 38.5 Å². The Morgan fingerprint density at radius 1 is 0.865 bits per heavy atom. The first-order valence-electron chi connectivity index (χ1n) is 10.8. The van der Waals surface area contributed by atoms with Gasteiger partial charge in [0.05, 0.1) is 11.1 Å². The molecule has 0 saturated carbocycles. The summed E-state index contributed by atoms with van der Waals surface area (Å²) in [7, 11) is -5.18. The van der Waals surface area contributed by atoms with Crippen LogP contribution in [0.1, 0.15) is 54.0 Å². The fourth-order valence-corrected chi connectivity index (χ4v) is 4.21. The number of rotatable bonds is 7. The second kappa shape index (κ2) is 10.7. The quantitative estimate of drug-likeness (QED) is 0.166. The molecule has 3 aromatic carbocycles. The average Bonchev–Trinajstić information content (AvgIpc) is 2.83. The molecule has 0 aliphatic carbocycles. The predicted octanol–water partition coefficient (Wildman–Crippen LogP) is 8.05. The highest BCUT2D eigenvalue weighted by molar-refractivity contribution is 7.86. The molecule has 1 atom stereocenters. The molecule has 0 bridgehead atoms. The molecule has 4 nitrogen and oxygen atoms in total. The summed E-state index contributed by atoms with van der Waals surface area (Å²) in [6.07, 6.45) is -9.60. The van der Waals surface area contributed by atoms with E-state index in [0.29, 0.717) is 16.1 Å². The Balaban J connectivity index is 2.09. The SMILES string of the molecule is CCC(C)c1ccc(/C(=N\OS(=O)(=O)c2cc(C(F)(F)F)cc(C(F)(F)F)c2)c2ccc(Cl)cc2)cc1. The second-order valence-corrected chi connectivity index (χ2v) is 10.1. The maximum Gasteiger partial charge on any atom is 0.416 e. The average molecular weight is 564 g/mol. The number of alkyl halides is 6. The monoisotopic (exact) mass is 563 g/mol. The highest BCUT2D eigenvalue weighted by atomic mass is 35.5. The van der Waals surface area contributed by atoms with Gasteiger partial charge in [-0.3, -0.25) is 4.28 Å². The third-order valence-electron chi connectivity index (χ3n) is 5.56. The smallest absolute Gasteiger partial charge is 0.264 e. The molecule has 0 N–H and O–H groups in total. The lowest BCUT2D eigenvalue weighted by atomic mass is 9.95. The topological polar surface area (TPSA) is 55.7 Å². The van der Waals surface area contributed by atoms with Crippen molar-refractivity contribution in [2.24, 2.45) is 5.16 Å². The minimum atomic E-state index is -5.24. The molecule has 198 valence electrons. The first-order valence-corrected chi connectivity index (χ1v) is 12.6. The molecule has 12 heteroatoms. The van der Waals surface area contributed by atoms with E-state index in [1.54, 1.807) is 24.3 Å². The molecule has 0 fully saturated rings. The molecule has 0 aliphatic heterocycles. The van der Waals surface area contributed by atoms with Crippen LogP contribution in [-0.2, 0) is 26.8 Å². The van der Waals surface area contributed by atoms with Gasteiger partial charge in [-0.1, -0.05) is 67.0 Å². The zero-order chi connectivity index (χ0) is 27.6. The molecule has 0 heterocycles. The van der Waals surface area contributed by atoms with Gasteiger partial charge in [0.2, 0.25) is 0 Å². The van der Waals surface area contributed by atoms with Crippen LogP contribution in [0.3, 0.4) is 0 Å². The van der Waals surface area contributed by atoms with Crippen molar-refractivity contribution in [1.29, 1.82) is 0 Å². The van der Waals surface area contributed by atoms with E-state index in [1.807, 2.05) is 13.8 Å². The normalized spacial score (nSPS) is 13.9. The van der Waals surface area contributed by atoms with Crippen molar-refractivity contribution < 1.29 is 39.0 Å². The molecule has 0 saturated heterocycles. The van der Waals surface area contributed by atoms with Gasteiger partial charge in [0, 0.05) is 16.1 Å². The fraction of sp³-hybridized carbons (Fsp3) is 0.240. The van der Waals surface area contributed by atoms with E-state index in [4.69, 9.17) is 11.6 Å². The van der Waals surface area contributed by atoms with Crippen molar-refractivity contribution in [2.75, 3.05) is 0 Å². The standard InChI is InChI=1S/C25H20ClF6NO3S/c1-3-15(2)16-4-6-17(7-5-16)23(18-8-10-21(26)11-9-18)33-36-37(34,35)22-13-19(24(27,28)29)12-20(14-22)25(30,31)32/h4-15H,3H2,1-2H3/b33-23+. The fourth-order valence-electron chi connectivity index (χ4n) is 3.29. The molecule has 0 aromatic heterocycles. The summed E-state index contributed by atoms with van der Waals surface area (Å²) in [6.45, 7) is 4.03. The van der Waals surface area contributed by atoms with Crippen LogP contribution in [-0.4, -0.2) is 14.1 Å². The van der Waals surface area contributed by atoms with E-state index in [9.17, 15) is 34.8 Å². The van der Waals surface area contributed by atoms with Crippen LogP contribution in [0.4, 0.5) is 26.3 Å². The number of oxime groups is 1. The highest BCUT2D eigenvalue weighted by Crippen LogP contribution is 2.37. The predicted molar refractivity (Wildman–Crippen MR) is 127 cm³/mol. The number of nitrogens with zero attached hydrogens (tertiary/aromatic N) is 1. The van der Waals surface area contributed by atoms with Gasteiger partial charge in [0.1, 0.15) is 10.6 Å². The van der Waals surface area contributed by atoms with Gasteiger partial charge in [0.15, 0.2) is 0 Å². The molecule has 0 spiro atoms. The first-order chi connectivity index (χ1) is 17.1. The van der Waals surface area contributed by atoms with Gasteiger partial charge in [-0.05, 0) is 48.2 Å². The Kier molecular flexibility index (Phi) is 8.28. The van der Waals surface area contributed by atoms with Gasteiger partial charge in [-0.15, -0.1) is 0 Å². The van der Waals surface area contributed by atoms with Crippen LogP contribution >= 0.6 is 11.6 Å². The van der Waals surface area contributed by atoms with E-state index in [2.05, 4.69) is 9.44 Å². The lowest BCUT2D eigenvalue weighted by Gasteiger charge is -2.14. The number of hydrogen-bond donors (Lipinski definition) is 0. The van der Waals surface area contributed by atoms with Crippen LogP contribution < -0.4 is 0 Å². The number of benzene rings is 3. The number of halogens is 7. The van der Waals surface area contributed by atoms with Crippen molar-refractivity contribution >= 4 is 27.4 Å². The molecule has 0 radical (unpaired) electrons. The highest BCUT2D eigenvalue weighted by Gasteiger charge is 2.38. The number of hydrogen-bond acceptors (Lipinski definition) is 4. The zero-order valence-corrected chi connectivity index (χ0v) is 20.9. The Bertz CT molecular complexity index is 1350. The second-order valence-electron chi connectivity index (χ2n) is 8.15. The van der Waals surface area contributed by atoms with Crippen LogP contribution in [0.25, 0.3) is 0 Å². The van der Waals surface area contributed by atoms with Crippen LogP contribution in [0.15, 0.2) is 76.8 Å². The van der Waals surface area contributed by atoms with Gasteiger partial charge in [0.25, 0.3) is 0 Å². The Labute approximate surface area is 214 Å². The summed E-state index contributed by atoms with van der Waals surface area (Å²) in [5, 5.41) is 4.01. The summed E-state index contributed by atoms with van der Waals surface area (Å²) in [4.78, 5) is -1.35. The van der Waals surface area contributed by atoms with Crippen molar-refractivity contribution in [3.05, 3.63) is 99.6 Å². The summed E-state index contributed by atoms with van der Waals surface area (Å²) < 4.78 is 109. The van der Waals surface area contributed by atoms with Crippen molar-refractivity contribution in [1.82, 2.24) is 0 Å². The minimum Gasteiger partial charge on any atom is -0.264 e. The molecule has 3 rings (SSSR count). The Morgan fingerprint density at radius 3 is 1.76 bits per heavy atom. The van der Waals surface area contributed by atoms with E-state index >= 15 is 0 Å². The Hall–Kier alpha value is -3.05. The molecular formula is C25H20ClF6NO3S.